The van der Waals surface area contributed by atoms with Crippen molar-refractivity contribution in [3.05, 3.63) is 29.6 Å². The number of hydrogen-bond acceptors (Lipinski definition) is 4. The van der Waals surface area contributed by atoms with E-state index in [1.807, 2.05) is 46.8 Å². The lowest BCUT2D eigenvalue weighted by molar-refractivity contribution is 0.0527. The number of ether oxygens (including phenoxy) is 1. The van der Waals surface area contributed by atoms with Crippen molar-refractivity contribution >= 4 is 12.1 Å². The van der Waals surface area contributed by atoms with E-state index in [2.05, 4.69) is 25.9 Å². The van der Waals surface area contributed by atoms with Crippen molar-refractivity contribution in [1.29, 1.82) is 0 Å². The minimum atomic E-state index is -0.475. The highest BCUT2D eigenvalue weighted by atomic mass is 16.6. The maximum atomic E-state index is 11.6. The van der Waals surface area contributed by atoms with Crippen LogP contribution < -0.4 is 16.0 Å². The normalized spacial score (nSPS) is 11.8. The third-order valence-electron chi connectivity index (χ3n) is 3.16. The minimum absolute atomic E-state index is 0.390. The summed E-state index contributed by atoms with van der Waals surface area (Å²) in [6.07, 6.45) is 2.16. The first-order chi connectivity index (χ1) is 11.8. The fourth-order valence-electron chi connectivity index (χ4n) is 1.98. The van der Waals surface area contributed by atoms with Gasteiger partial charge in [0.05, 0.1) is 12.2 Å². The molecule has 25 heavy (non-hydrogen) atoms. The zero-order valence-corrected chi connectivity index (χ0v) is 16.0. The number of nitrogens with zero attached hydrogens (tertiary/aromatic N) is 2. The molecule has 1 heterocycles. The largest absolute Gasteiger partial charge is 0.444 e. The highest BCUT2D eigenvalue weighted by Gasteiger charge is 2.15. The molecule has 0 saturated heterocycles. The Labute approximate surface area is 150 Å². The summed E-state index contributed by atoms with van der Waals surface area (Å²) in [6.45, 7) is 12.1. The molecule has 0 radical (unpaired) electrons. The Balaban J connectivity index is 2.35. The molecule has 1 aromatic rings. The molecule has 1 aromatic heterocycles. The van der Waals surface area contributed by atoms with Crippen molar-refractivity contribution < 1.29 is 9.53 Å². The molecule has 1 rings (SSSR count). The van der Waals surface area contributed by atoms with Crippen LogP contribution in [0.25, 0.3) is 0 Å². The predicted molar refractivity (Wildman–Crippen MR) is 101 cm³/mol. The Morgan fingerprint density at radius 1 is 1.24 bits per heavy atom. The number of carbonyl (C=O) groups excluding carboxylic acids is 1. The molecule has 0 atom stereocenters. The van der Waals surface area contributed by atoms with Gasteiger partial charge < -0.3 is 20.7 Å². The average Bonchev–Trinajstić information content (AvgIpc) is 2.51. The summed E-state index contributed by atoms with van der Waals surface area (Å²) in [6, 6.07) is 3.95. The Hall–Kier alpha value is -2.31. The number of aliphatic imine (C=N–C) groups is 1. The Kier molecular flexibility index (Phi) is 8.74. The third-order valence-corrected chi connectivity index (χ3v) is 3.16. The first-order valence-corrected chi connectivity index (χ1v) is 8.71. The number of rotatable bonds is 7. The molecule has 1 amide bonds. The number of nitrogens with one attached hydrogen (secondary N) is 3. The lowest BCUT2D eigenvalue weighted by atomic mass is 10.2. The molecule has 140 valence electrons. The topological polar surface area (TPSA) is 87.6 Å². The lowest BCUT2D eigenvalue weighted by Gasteiger charge is -2.19. The molecule has 7 heteroatoms. The van der Waals surface area contributed by atoms with Crippen molar-refractivity contribution in [2.75, 3.05) is 19.6 Å². The van der Waals surface area contributed by atoms with Gasteiger partial charge in [0.15, 0.2) is 5.96 Å². The van der Waals surface area contributed by atoms with E-state index in [0.29, 0.717) is 19.6 Å². The van der Waals surface area contributed by atoms with Crippen LogP contribution in [0.3, 0.4) is 0 Å². The molecule has 0 unspecified atom stereocenters. The quantitative estimate of drug-likeness (QED) is 0.400. The van der Waals surface area contributed by atoms with Crippen molar-refractivity contribution in [3.63, 3.8) is 0 Å². The van der Waals surface area contributed by atoms with Gasteiger partial charge in [0, 0.05) is 25.8 Å². The molecule has 0 aliphatic rings. The summed E-state index contributed by atoms with van der Waals surface area (Å²) in [5, 5.41) is 9.19. The summed E-state index contributed by atoms with van der Waals surface area (Å²) >= 11 is 0. The van der Waals surface area contributed by atoms with Crippen molar-refractivity contribution in [1.82, 2.24) is 20.9 Å². The van der Waals surface area contributed by atoms with Crippen LogP contribution in [0.15, 0.2) is 23.3 Å². The third kappa shape index (κ3) is 9.54. The average molecular weight is 349 g/mol. The predicted octanol–water partition coefficient (Wildman–Crippen LogP) is 2.36. The maximum absolute atomic E-state index is 11.6. The van der Waals surface area contributed by atoms with Crippen molar-refractivity contribution in [2.24, 2.45) is 4.99 Å². The number of aryl methyl sites for hydroxylation is 1. The molecule has 0 aromatic carbocycles. The summed E-state index contributed by atoms with van der Waals surface area (Å²) in [4.78, 5) is 20.4. The van der Waals surface area contributed by atoms with Crippen LogP contribution in [0.5, 0.6) is 0 Å². The number of aromatic nitrogens is 1. The van der Waals surface area contributed by atoms with Gasteiger partial charge in [-0.05, 0) is 52.7 Å². The highest BCUT2D eigenvalue weighted by Crippen LogP contribution is 2.06. The summed E-state index contributed by atoms with van der Waals surface area (Å²) in [5.41, 5.74) is 1.62. The van der Waals surface area contributed by atoms with E-state index in [9.17, 15) is 4.79 Å². The van der Waals surface area contributed by atoms with Gasteiger partial charge in [-0.15, -0.1) is 0 Å². The highest BCUT2D eigenvalue weighted by molar-refractivity contribution is 5.79. The van der Waals surface area contributed by atoms with E-state index in [4.69, 9.17) is 4.74 Å². The first-order valence-electron chi connectivity index (χ1n) is 8.71. The van der Waals surface area contributed by atoms with E-state index in [1.54, 1.807) is 6.20 Å². The summed E-state index contributed by atoms with van der Waals surface area (Å²) in [7, 11) is 0. The maximum Gasteiger partial charge on any atom is 0.407 e. The Morgan fingerprint density at radius 3 is 2.60 bits per heavy atom. The Bertz CT molecular complexity index is 567. The number of hydrogen-bond donors (Lipinski definition) is 3. The second-order valence-corrected chi connectivity index (χ2v) is 6.67. The number of pyridine rings is 1. The number of amides is 1. The van der Waals surface area contributed by atoms with Crippen LogP contribution >= 0.6 is 0 Å². The van der Waals surface area contributed by atoms with Crippen molar-refractivity contribution in [3.8, 4) is 0 Å². The van der Waals surface area contributed by atoms with Crippen LogP contribution in [-0.4, -0.2) is 42.3 Å². The van der Waals surface area contributed by atoms with Gasteiger partial charge in [-0.25, -0.2) is 9.79 Å². The van der Waals surface area contributed by atoms with Crippen LogP contribution in [0.2, 0.25) is 0 Å². The van der Waals surface area contributed by atoms with Crippen LogP contribution in [-0.2, 0) is 11.3 Å². The summed E-state index contributed by atoms with van der Waals surface area (Å²) < 4.78 is 5.19. The number of alkyl carbamates (subject to hydrolysis) is 1. The zero-order chi connectivity index (χ0) is 18.7. The fourth-order valence-corrected chi connectivity index (χ4v) is 1.98. The number of guanidine groups is 1. The fraction of sp³-hybridized carbons (Fsp3) is 0.611. The molecule has 0 saturated carbocycles. The molecule has 7 nitrogen and oxygen atoms in total. The van der Waals surface area contributed by atoms with E-state index in [0.717, 1.165) is 30.2 Å². The van der Waals surface area contributed by atoms with E-state index in [-0.39, 0.29) is 0 Å². The molecule has 0 spiro atoms. The molecular weight excluding hydrogens is 318 g/mol. The van der Waals surface area contributed by atoms with E-state index < -0.39 is 11.7 Å². The molecule has 0 aliphatic carbocycles. The van der Waals surface area contributed by atoms with Crippen LogP contribution in [0.4, 0.5) is 4.79 Å². The Morgan fingerprint density at radius 2 is 1.96 bits per heavy atom. The van der Waals surface area contributed by atoms with E-state index >= 15 is 0 Å². The van der Waals surface area contributed by atoms with Crippen molar-refractivity contribution in [2.45, 2.75) is 53.2 Å². The lowest BCUT2D eigenvalue weighted by Crippen LogP contribution is -2.39. The molecule has 0 bridgehead atoms. The van der Waals surface area contributed by atoms with Crippen LogP contribution in [0, 0.1) is 6.92 Å². The van der Waals surface area contributed by atoms with Gasteiger partial charge in [0.25, 0.3) is 0 Å². The monoisotopic (exact) mass is 349 g/mol. The summed E-state index contributed by atoms with van der Waals surface area (Å²) in [5.74, 6) is 0.741. The molecule has 0 aliphatic heterocycles. The van der Waals surface area contributed by atoms with Gasteiger partial charge in [-0.1, -0.05) is 6.07 Å². The second-order valence-electron chi connectivity index (χ2n) is 6.67. The van der Waals surface area contributed by atoms with Gasteiger partial charge in [-0.2, -0.15) is 0 Å². The zero-order valence-electron chi connectivity index (χ0n) is 16.0. The standard InChI is InChI=1S/C18H31N5O2/c1-6-19-16(23-13-15-14(2)9-7-10-20-15)21-11-8-12-22-17(24)25-18(3,4)5/h7,9-10H,6,8,11-13H2,1-5H3,(H,22,24)(H2,19,21,23). The van der Waals surface area contributed by atoms with Gasteiger partial charge in [-0.3, -0.25) is 4.98 Å². The van der Waals surface area contributed by atoms with Crippen LogP contribution in [0.1, 0.15) is 45.4 Å². The minimum Gasteiger partial charge on any atom is -0.444 e. The van der Waals surface area contributed by atoms with Gasteiger partial charge in [0.2, 0.25) is 0 Å². The first kappa shape index (κ1) is 20.7. The van der Waals surface area contributed by atoms with Gasteiger partial charge >= 0.3 is 6.09 Å². The van der Waals surface area contributed by atoms with E-state index in [1.165, 1.54) is 0 Å². The molecule has 3 N–H and O–H groups in total. The SMILES string of the molecule is CCNC(=NCc1ncccc1C)NCCCNC(=O)OC(C)(C)C. The molecular formula is C18H31N5O2. The number of carbonyl (C=O) groups is 1. The van der Waals surface area contributed by atoms with Gasteiger partial charge in [0.1, 0.15) is 5.60 Å². The smallest absolute Gasteiger partial charge is 0.407 e. The second kappa shape index (κ2) is 10.5. The molecule has 0 fully saturated rings.